The Morgan fingerprint density at radius 3 is 2.82 bits per heavy atom. The van der Waals surface area contributed by atoms with E-state index in [2.05, 4.69) is 26.9 Å². The molecule has 1 aromatic heterocycles. The van der Waals surface area contributed by atoms with E-state index in [-0.39, 0.29) is 5.03 Å². The molecule has 1 saturated heterocycles. The maximum atomic E-state index is 11.8. The lowest BCUT2D eigenvalue weighted by Crippen LogP contribution is -2.36. The molecule has 0 aromatic carbocycles. The molecule has 96 valence electrons. The van der Waals surface area contributed by atoms with Crippen LogP contribution >= 0.6 is 0 Å². The van der Waals surface area contributed by atoms with Crippen molar-refractivity contribution in [2.75, 3.05) is 26.7 Å². The van der Waals surface area contributed by atoms with Crippen LogP contribution in [0.25, 0.3) is 0 Å². The van der Waals surface area contributed by atoms with Crippen LogP contribution in [0.5, 0.6) is 0 Å². The number of rotatable bonds is 4. The Labute approximate surface area is 101 Å². The Kier molecular flexibility index (Phi) is 3.80. The van der Waals surface area contributed by atoms with Crippen molar-refractivity contribution in [2.45, 2.75) is 17.9 Å². The number of sulfonamides is 1. The molecule has 0 aliphatic carbocycles. The molecule has 2 rings (SSSR count). The second-order valence-corrected chi connectivity index (χ2v) is 6.25. The smallest absolute Gasteiger partial charge is 0.257 e. The Morgan fingerprint density at radius 1 is 1.53 bits per heavy atom. The van der Waals surface area contributed by atoms with Gasteiger partial charge in [0.2, 0.25) is 0 Å². The predicted molar refractivity (Wildman–Crippen MR) is 64.0 cm³/mol. The molecule has 0 unspecified atom stereocenters. The van der Waals surface area contributed by atoms with Gasteiger partial charge in [-0.1, -0.05) is 0 Å². The summed E-state index contributed by atoms with van der Waals surface area (Å²) in [6.07, 6.45) is 3.52. The fourth-order valence-corrected chi connectivity index (χ4v) is 2.99. The summed E-state index contributed by atoms with van der Waals surface area (Å²) in [6, 6.07) is 1.46. The summed E-state index contributed by atoms with van der Waals surface area (Å²) >= 11 is 0. The minimum Gasteiger partial charge on any atom is -0.306 e. The molecule has 1 aromatic rings. The van der Waals surface area contributed by atoms with E-state index < -0.39 is 10.0 Å². The van der Waals surface area contributed by atoms with Gasteiger partial charge in [0.15, 0.2) is 5.03 Å². The van der Waals surface area contributed by atoms with Crippen LogP contribution in [0.2, 0.25) is 0 Å². The summed E-state index contributed by atoms with van der Waals surface area (Å²) in [5.41, 5.74) is 0. The number of H-pyrrole nitrogens is 1. The minimum atomic E-state index is -3.41. The van der Waals surface area contributed by atoms with E-state index in [4.69, 9.17) is 0 Å². The van der Waals surface area contributed by atoms with E-state index in [0.29, 0.717) is 12.5 Å². The van der Waals surface area contributed by atoms with Crippen molar-refractivity contribution < 1.29 is 8.42 Å². The molecular weight excluding hydrogens is 240 g/mol. The van der Waals surface area contributed by atoms with Crippen LogP contribution in [-0.4, -0.2) is 50.2 Å². The molecule has 0 saturated carbocycles. The molecule has 0 atom stereocenters. The summed E-state index contributed by atoms with van der Waals surface area (Å²) in [4.78, 5) is 2.26. The zero-order valence-corrected chi connectivity index (χ0v) is 10.7. The zero-order chi connectivity index (χ0) is 12.3. The predicted octanol–water partition coefficient (Wildman–Crippen LogP) is 0.0298. The van der Waals surface area contributed by atoms with Crippen LogP contribution < -0.4 is 4.72 Å². The molecule has 0 bridgehead atoms. The Bertz CT molecular complexity index is 435. The quantitative estimate of drug-likeness (QED) is 0.798. The topological polar surface area (TPSA) is 78.1 Å². The van der Waals surface area contributed by atoms with Crippen molar-refractivity contribution >= 4 is 10.0 Å². The molecule has 0 amide bonds. The average molecular weight is 258 g/mol. The number of aromatic amines is 1. The van der Waals surface area contributed by atoms with Crippen molar-refractivity contribution in [1.82, 2.24) is 19.8 Å². The maximum absolute atomic E-state index is 11.8. The van der Waals surface area contributed by atoms with Gasteiger partial charge >= 0.3 is 0 Å². The first-order valence-corrected chi connectivity index (χ1v) is 7.24. The van der Waals surface area contributed by atoms with Gasteiger partial charge in [0.1, 0.15) is 0 Å². The Balaban J connectivity index is 1.86. The maximum Gasteiger partial charge on any atom is 0.257 e. The molecule has 7 heteroatoms. The molecule has 2 N–H and O–H groups in total. The standard InChI is InChI=1S/C10H18N4O2S/c1-14-6-3-9(4-7-14)8-12-17(15,16)10-2-5-11-13-10/h2,5,9,12H,3-4,6-8H2,1H3,(H,11,13). The lowest BCUT2D eigenvalue weighted by Gasteiger charge is -2.28. The highest BCUT2D eigenvalue weighted by atomic mass is 32.2. The van der Waals surface area contributed by atoms with Gasteiger partial charge in [0.05, 0.1) is 6.20 Å². The first kappa shape index (κ1) is 12.5. The van der Waals surface area contributed by atoms with Crippen molar-refractivity contribution in [2.24, 2.45) is 5.92 Å². The van der Waals surface area contributed by atoms with Gasteiger partial charge < -0.3 is 4.90 Å². The molecule has 1 aliphatic heterocycles. The van der Waals surface area contributed by atoms with Crippen molar-refractivity contribution in [3.63, 3.8) is 0 Å². The number of piperidine rings is 1. The highest BCUT2D eigenvalue weighted by Gasteiger charge is 2.20. The second-order valence-electron chi connectivity index (χ2n) is 4.52. The second kappa shape index (κ2) is 5.16. The summed E-state index contributed by atoms with van der Waals surface area (Å²) in [6.45, 7) is 2.59. The summed E-state index contributed by atoms with van der Waals surface area (Å²) in [5, 5.41) is 6.24. The molecule has 1 aliphatic rings. The summed E-state index contributed by atoms with van der Waals surface area (Å²) < 4.78 is 26.2. The van der Waals surface area contributed by atoms with E-state index in [9.17, 15) is 8.42 Å². The van der Waals surface area contributed by atoms with Crippen LogP contribution in [0, 0.1) is 5.92 Å². The van der Waals surface area contributed by atoms with E-state index >= 15 is 0 Å². The summed E-state index contributed by atoms with van der Waals surface area (Å²) in [5.74, 6) is 0.434. The van der Waals surface area contributed by atoms with E-state index in [0.717, 1.165) is 25.9 Å². The fraction of sp³-hybridized carbons (Fsp3) is 0.700. The van der Waals surface area contributed by atoms with Gasteiger partial charge in [-0.15, -0.1) is 0 Å². The summed E-state index contributed by atoms with van der Waals surface area (Å²) in [7, 11) is -1.32. The number of hydrogen-bond acceptors (Lipinski definition) is 4. The van der Waals surface area contributed by atoms with Crippen molar-refractivity contribution in [3.8, 4) is 0 Å². The molecule has 17 heavy (non-hydrogen) atoms. The van der Waals surface area contributed by atoms with E-state index in [1.54, 1.807) is 0 Å². The number of aromatic nitrogens is 2. The number of likely N-dealkylation sites (tertiary alicyclic amines) is 1. The van der Waals surface area contributed by atoms with Crippen LogP contribution in [0.15, 0.2) is 17.3 Å². The SMILES string of the molecule is CN1CCC(CNS(=O)(=O)c2ccn[nH]2)CC1. The first-order chi connectivity index (χ1) is 8.08. The third kappa shape index (κ3) is 3.27. The molecular formula is C10H18N4O2S. The third-order valence-electron chi connectivity index (χ3n) is 3.16. The van der Waals surface area contributed by atoms with Gasteiger partial charge in [0.25, 0.3) is 10.0 Å². The Morgan fingerprint density at radius 2 is 2.24 bits per heavy atom. The lowest BCUT2D eigenvalue weighted by molar-refractivity contribution is 0.220. The highest BCUT2D eigenvalue weighted by molar-refractivity contribution is 7.89. The van der Waals surface area contributed by atoms with Crippen LogP contribution in [-0.2, 0) is 10.0 Å². The molecule has 2 heterocycles. The van der Waals surface area contributed by atoms with Gasteiger partial charge in [-0.3, -0.25) is 5.10 Å². The highest BCUT2D eigenvalue weighted by Crippen LogP contribution is 2.15. The Hall–Kier alpha value is -0.920. The molecule has 1 fully saturated rings. The van der Waals surface area contributed by atoms with Gasteiger partial charge in [0, 0.05) is 6.54 Å². The van der Waals surface area contributed by atoms with Crippen molar-refractivity contribution in [3.05, 3.63) is 12.3 Å². The molecule has 6 nitrogen and oxygen atoms in total. The third-order valence-corrected chi connectivity index (χ3v) is 4.52. The minimum absolute atomic E-state index is 0.130. The number of nitrogens with zero attached hydrogens (tertiary/aromatic N) is 2. The molecule has 0 spiro atoms. The van der Waals surface area contributed by atoms with E-state index in [1.807, 2.05) is 0 Å². The number of hydrogen-bond donors (Lipinski definition) is 2. The zero-order valence-electron chi connectivity index (χ0n) is 9.89. The fourth-order valence-electron chi connectivity index (χ4n) is 1.96. The average Bonchev–Trinajstić information content (AvgIpc) is 2.82. The first-order valence-electron chi connectivity index (χ1n) is 5.75. The van der Waals surface area contributed by atoms with Crippen LogP contribution in [0.3, 0.4) is 0 Å². The molecule has 0 radical (unpaired) electrons. The van der Waals surface area contributed by atoms with E-state index in [1.165, 1.54) is 12.3 Å². The normalized spacial score (nSPS) is 19.6. The largest absolute Gasteiger partial charge is 0.306 e. The monoisotopic (exact) mass is 258 g/mol. The van der Waals surface area contributed by atoms with Crippen molar-refractivity contribution in [1.29, 1.82) is 0 Å². The van der Waals surface area contributed by atoms with Crippen LogP contribution in [0.1, 0.15) is 12.8 Å². The van der Waals surface area contributed by atoms with Gasteiger partial charge in [-0.2, -0.15) is 5.10 Å². The number of nitrogens with one attached hydrogen (secondary N) is 2. The lowest BCUT2D eigenvalue weighted by atomic mass is 9.98. The van der Waals surface area contributed by atoms with Gasteiger partial charge in [-0.05, 0) is 45.0 Å². The van der Waals surface area contributed by atoms with Crippen LogP contribution in [0.4, 0.5) is 0 Å². The van der Waals surface area contributed by atoms with Gasteiger partial charge in [-0.25, -0.2) is 13.1 Å².